The molecular formula is C14H16N2O2. The number of aromatic nitrogens is 2. The summed E-state index contributed by atoms with van der Waals surface area (Å²) < 4.78 is 7.24. The van der Waals surface area contributed by atoms with E-state index in [1.807, 2.05) is 26.0 Å². The Morgan fingerprint density at radius 3 is 2.94 bits per heavy atom. The van der Waals surface area contributed by atoms with Crippen molar-refractivity contribution < 1.29 is 9.53 Å². The molecule has 4 heteroatoms. The first kappa shape index (κ1) is 12.4. The van der Waals surface area contributed by atoms with Gasteiger partial charge in [0.15, 0.2) is 5.78 Å². The molecule has 0 spiro atoms. The Kier molecular flexibility index (Phi) is 3.77. The zero-order valence-corrected chi connectivity index (χ0v) is 10.6. The van der Waals surface area contributed by atoms with Crippen molar-refractivity contribution >= 4 is 5.78 Å². The lowest BCUT2D eigenvalue weighted by atomic mass is 10.1. The molecule has 0 atom stereocenters. The van der Waals surface area contributed by atoms with Crippen molar-refractivity contribution in [1.82, 2.24) is 9.55 Å². The number of carbonyl (C=O) groups excluding carboxylic acids is 1. The van der Waals surface area contributed by atoms with Gasteiger partial charge in [0.2, 0.25) is 0 Å². The minimum Gasteiger partial charge on any atom is -0.494 e. The summed E-state index contributed by atoms with van der Waals surface area (Å²) in [5.41, 5.74) is 1.70. The molecule has 0 saturated carbocycles. The minimum absolute atomic E-state index is 0.0500. The maximum atomic E-state index is 12.1. The van der Waals surface area contributed by atoms with Crippen LogP contribution in [0, 0.1) is 6.92 Å². The van der Waals surface area contributed by atoms with Gasteiger partial charge >= 0.3 is 0 Å². The number of hydrogen-bond acceptors (Lipinski definition) is 3. The van der Waals surface area contributed by atoms with Gasteiger partial charge in [-0.2, -0.15) is 0 Å². The molecule has 0 aliphatic heterocycles. The fourth-order valence-corrected chi connectivity index (χ4v) is 1.72. The van der Waals surface area contributed by atoms with Crippen LogP contribution in [0.4, 0.5) is 0 Å². The number of carbonyl (C=O) groups is 1. The van der Waals surface area contributed by atoms with Gasteiger partial charge < -0.3 is 9.30 Å². The van der Waals surface area contributed by atoms with Crippen molar-refractivity contribution in [3.05, 3.63) is 48.0 Å². The first-order chi connectivity index (χ1) is 8.70. The van der Waals surface area contributed by atoms with Crippen LogP contribution in [-0.4, -0.2) is 21.9 Å². The monoisotopic (exact) mass is 244 g/mol. The van der Waals surface area contributed by atoms with Crippen LogP contribution in [0.25, 0.3) is 0 Å². The molecule has 0 radical (unpaired) electrons. The number of hydrogen-bond donors (Lipinski definition) is 0. The smallest absolute Gasteiger partial charge is 0.182 e. The van der Waals surface area contributed by atoms with Gasteiger partial charge in [-0.25, -0.2) is 4.98 Å². The van der Waals surface area contributed by atoms with E-state index in [1.54, 1.807) is 29.4 Å². The minimum atomic E-state index is 0.0500. The normalized spacial score (nSPS) is 10.3. The Balaban J connectivity index is 2.17. The highest BCUT2D eigenvalue weighted by molar-refractivity contribution is 5.96. The first-order valence-electron chi connectivity index (χ1n) is 5.93. The molecule has 0 aliphatic rings. The summed E-state index contributed by atoms with van der Waals surface area (Å²) in [4.78, 5) is 16.0. The maximum Gasteiger partial charge on any atom is 0.182 e. The van der Waals surface area contributed by atoms with E-state index in [-0.39, 0.29) is 5.78 Å². The van der Waals surface area contributed by atoms with Gasteiger partial charge in [0.25, 0.3) is 0 Å². The van der Waals surface area contributed by atoms with Crippen LogP contribution in [0.3, 0.4) is 0 Å². The number of nitrogens with zero attached hydrogens (tertiary/aromatic N) is 2. The number of ketones is 1. The molecule has 0 N–H and O–H groups in total. The van der Waals surface area contributed by atoms with Crippen molar-refractivity contribution in [1.29, 1.82) is 0 Å². The molecule has 1 heterocycles. The maximum absolute atomic E-state index is 12.1. The van der Waals surface area contributed by atoms with Crippen LogP contribution in [0.15, 0.2) is 36.9 Å². The summed E-state index contributed by atoms with van der Waals surface area (Å²) in [6.07, 6.45) is 5.07. The zero-order valence-electron chi connectivity index (χ0n) is 10.6. The molecule has 0 unspecified atom stereocenters. The molecule has 0 fully saturated rings. The van der Waals surface area contributed by atoms with E-state index < -0.39 is 0 Å². The molecule has 0 saturated heterocycles. The van der Waals surface area contributed by atoms with Crippen molar-refractivity contribution in [2.24, 2.45) is 0 Å². The third-order valence-corrected chi connectivity index (χ3v) is 2.70. The molecule has 2 rings (SSSR count). The third-order valence-electron chi connectivity index (χ3n) is 2.70. The summed E-state index contributed by atoms with van der Waals surface area (Å²) in [6, 6.07) is 5.54. The average Bonchev–Trinajstić information content (AvgIpc) is 2.85. The van der Waals surface area contributed by atoms with Gasteiger partial charge in [-0.3, -0.25) is 4.79 Å². The van der Waals surface area contributed by atoms with Gasteiger partial charge in [0.1, 0.15) is 5.75 Å². The second kappa shape index (κ2) is 5.49. The van der Waals surface area contributed by atoms with E-state index in [0.717, 1.165) is 11.3 Å². The Morgan fingerprint density at radius 1 is 1.44 bits per heavy atom. The van der Waals surface area contributed by atoms with Crippen molar-refractivity contribution in [2.45, 2.75) is 20.4 Å². The molecule has 0 amide bonds. The summed E-state index contributed by atoms with van der Waals surface area (Å²) >= 11 is 0. The molecule has 1 aromatic heterocycles. The lowest BCUT2D eigenvalue weighted by Gasteiger charge is -2.09. The summed E-state index contributed by atoms with van der Waals surface area (Å²) in [7, 11) is 0. The van der Waals surface area contributed by atoms with Crippen LogP contribution in [0.5, 0.6) is 5.75 Å². The van der Waals surface area contributed by atoms with Crippen LogP contribution >= 0.6 is 0 Å². The van der Waals surface area contributed by atoms with Crippen LogP contribution in [0.1, 0.15) is 22.8 Å². The van der Waals surface area contributed by atoms with E-state index in [1.165, 1.54) is 0 Å². The number of benzene rings is 1. The second-order valence-corrected chi connectivity index (χ2v) is 4.07. The Bertz CT molecular complexity index is 533. The second-order valence-electron chi connectivity index (χ2n) is 4.07. The fourth-order valence-electron chi connectivity index (χ4n) is 1.72. The third kappa shape index (κ3) is 2.77. The van der Waals surface area contributed by atoms with Crippen molar-refractivity contribution in [3.63, 3.8) is 0 Å². The topological polar surface area (TPSA) is 44.1 Å². The van der Waals surface area contributed by atoms with Gasteiger partial charge in [-0.05, 0) is 25.5 Å². The van der Waals surface area contributed by atoms with Crippen LogP contribution < -0.4 is 4.74 Å². The van der Waals surface area contributed by atoms with Crippen molar-refractivity contribution in [2.75, 3.05) is 6.61 Å². The molecule has 4 nitrogen and oxygen atoms in total. The number of ether oxygens (including phenoxy) is 1. The lowest BCUT2D eigenvalue weighted by Crippen LogP contribution is -2.09. The fraction of sp³-hybridized carbons (Fsp3) is 0.286. The van der Waals surface area contributed by atoms with Gasteiger partial charge in [0, 0.05) is 18.0 Å². The van der Waals surface area contributed by atoms with E-state index >= 15 is 0 Å². The van der Waals surface area contributed by atoms with Crippen LogP contribution in [0.2, 0.25) is 0 Å². The van der Waals surface area contributed by atoms with Gasteiger partial charge in [-0.15, -0.1) is 0 Å². The molecule has 2 aromatic rings. The van der Waals surface area contributed by atoms with Gasteiger partial charge in [-0.1, -0.05) is 12.1 Å². The zero-order chi connectivity index (χ0) is 13.0. The molecular weight excluding hydrogens is 228 g/mol. The molecule has 1 aromatic carbocycles. The lowest BCUT2D eigenvalue weighted by molar-refractivity contribution is 0.0971. The highest BCUT2D eigenvalue weighted by Crippen LogP contribution is 2.20. The summed E-state index contributed by atoms with van der Waals surface area (Å²) in [6.45, 7) is 4.79. The number of rotatable bonds is 5. The molecule has 0 bridgehead atoms. The Hall–Kier alpha value is -2.10. The Labute approximate surface area is 106 Å². The van der Waals surface area contributed by atoms with E-state index in [4.69, 9.17) is 4.74 Å². The van der Waals surface area contributed by atoms with E-state index in [9.17, 15) is 4.79 Å². The highest BCUT2D eigenvalue weighted by atomic mass is 16.5. The summed E-state index contributed by atoms with van der Waals surface area (Å²) in [5, 5.41) is 0. The Morgan fingerprint density at radius 2 is 2.28 bits per heavy atom. The number of aryl methyl sites for hydroxylation is 1. The summed E-state index contributed by atoms with van der Waals surface area (Å²) in [5.74, 6) is 0.822. The number of Topliss-reactive ketones (excluding diaryl/α,β-unsaturated/α-hetero) is 1. The first-order valence-corrected chi connectivity index (χ1v) is 5.93. The largest absolute Gasteiger partial charge is 0.494 e. The van der Waals surface area contributed by atoms with E-state index in [0.29, 0.717) is 18.7 Å². The molecule has 18 heavy (non-hydrogen) atoms. The predicted molar refractivity (Wildman–Crippen MR) is 68.9 cm³/mol. The van der Waals surface area contributed by atoms with Crippen molar-refractivity contribution in [3.8, 4) is 5.75 Å². The van der Waals surface area contributed by atoms with Gasteiger partial charge in [0.05, 0.1) is 19.5 Å². The standard InChI is InChI=1S/C14H16N2O2/c1-3-18-14-8-12(5-4-11(14)2)13(17)9-16-7-6-15-10-16/h4-8,10H,3,9H2,1-2H3. The molecule has 94 valence electrons. The average molecular weight is 244 g/mol. The predicted octanol–water partition coefficient (Wildman–Crippen LogP) is 2.47. The highest BCUT2D eigenvalue weighted by Gasteiger charge is 2.09. The van der Waals surface area contributed by atoms with E-state index in [2.05, 4.69) is 4.98 Å². The van der Waals surface area contributed by atoms with Crippen LogP contribution in [-0.2, 0) is 6.54 Å². The molecule has 0 aliphatic carbocycles. The SMILES string of the molecule is CCOc1cc(C(=O)Cn2ccnc2)ccc1C. The quantitative estimate of drug-likeness (QED) is 0.759. The number of imidazole rings is 1.